The second kappa shape index (κ2) is 7.26. The molecule has 1 saturated heterocycles. The third-order valence-corrected chi connectivity index (χ3v) is 3.68. The molecule has 110 valence electrons. The summed E-state index contributed by atoms with van der Waals surface area (Å²) in [5.41, 5.74) is 1.02. The van der Waals surface area contributed by atoms with E-state index in [0.717, 1.165) is 18.4 Å². The van der Waals surface area contributed by atoms with Crippen LogP contribution in [0.25, 0.3) is 0 Å². The monoisotopic (exact) mass is 278 g/mol. The number of aliphatic hydroxyl groups excluding tert-OH is 1. The van der Waals surface area contributed by atoms with Crippen molar-refractivity contribution in [2.24, 2.45) is 0 Å². The molecule has 2 N–H and O–H groups in total. The van der Waals surface area contributed by atoms with Crippen LogP contribution in [0.1, 0.15) is 24.4 Å². The van der Waals surface area contributed by atoms with Crippen LogP contribution in [0.3, 0.4) is 0 Å². The molecule has 20 heavy (non-hydrogen) atoms. The number of amides is 2. The lowest BCUT2D eigenvalue weighted by atomic mass is 10.1. The number of benzene rings is 1. The molecule has 0 radical (unpaired) electrons. The summed E-state index contributed by atoms with van der Waals surface area (Å²) in [7, 11) is 1.62. The van der Waals surface area contributed by atoms with Crippen LogP contribution in [0.4, 0.5) is 4.79 Å². The molecule has 1 aromatic carbocycles. The van der Waals surface area contributed by atoms with Gasteiger partial charge in [-0.25, -0.2) is 4.79 Å². The fraction of sp³-hybridized carbons (Fsp3) is 0.533. The molecule has 5 nitrogen and oxygen atoms in total. The van der Waals surface area contributed by atoms with Crippen LogP contribution in [-0.4, -0.2) is 48.9 Å². The fourth-order valence-corrected chi connectivity index (χ4v) is 2.60. The molecule has 0 bridgehead atoms. The lowest BCUT2D eigenvalue weighted by Crippen LogP contribution is -2.46. The summed E-state index contributed by atoms with van der Waals surface area (Å²) in [6, 6.07) is 9.40. The van der Waals surface area contributed by atoms with Gasteiger partial charge in [0.15, 0.2) is 0 Å². The van der Waals surface area contributed by atoms with E-state index in [2.05, 4.69) is 5.32 Å². The Labute approximate surface area is 119 Å². The van der Waals surface area contributed by atoms with Gasteiger partial charge >= 0.3 is 6.03 Å². The van der Waals surface area contributed by atoms with Crippen molar-refractivity contribution in [2.75, 3.05) is 26.9 Å². The van der Waals surface area contributed by atoms with Gasteiger partial charge in [0.25, 0.3) is 0 Å². The molecule has 2 rings (SSSR count). The van der Waals surface area contributed by atoms with Crippen molar-refractivity contribution in [1.82, 2.24) is 10.2 Å². The molecular formula is C15H22N2O3. The minimum Gasteiger partial charge on any atom is -0.394 e. The average molecular weight is 278 g/mol. The van der Waals surface area contributed by atoms with Crippen LogP contribution in [0, 0.1) is 0 Å². The SMILES string of the molecule is COCC(NC(=O)N1CCCC1CO)c1ccccc1. The van der Waals surface area contributed by atoms with Crippen molar-refractivity contribution in [3.8, 4) is 0 Å². The number of hydrogen-bond acceptors (Lipinski definition) is 3. The minimum absolute atomic E-state index is 0.0215. The predicted octanol–water partition coefficient (Wildman–Crippen LogP) is 1.54. The highest BCUT2D eigenvalue weighted by molar-refractivity contribution is 5.75. The molecule has 1 fully saturated rings. The Morgan fingerprint density at radius 1 is 1.50 bits per heavy atom. The Kier molecular flexibility index (Phi) is 5.38. The summed E-state index contributed by atoms with van der Waals surface area (Å²) in [6.07, 6.45) is 1.81. The molecule has 2 unspecified atom stereocenters. The van der Waals surface area contributed by atoms with Crippen LogP contribution < -0.4 is 5.32 Å². The highest BCUT2D eigenvalue weighted by Crippen LogP contribution is 2.19. The van der Waals surface area contributed by atoms with E-state index in [4.69, 9.17) is 4.74 Å². The van der Waals surface area contributed by atoms with Crippen LogP contribution in [0.5, 0.6) is 0 Å². The van der Waals surface area contributed by atoms with Gasteiger partial charge in [-0.1, -0.05) is 30.3 Å². The maximum Gasteiger partial charge on any atom is 0.318 e. The van der Waals surface area contributed by atoms with Gasteiger partial charge in [0.05, 0.1) is 25.3 Å². The summed E-state index contributed by atoms with van der Waals surface area (Å²) < 4.78 is 5.19. The number of nitrogens with one attached hydrogen (secondary N) is 1. The first kappa shape index (κ1) is 14.8. The highest BCUT2D eigenvalue weighted by atomic mass is 16.5. The molecule has 2 atom stereocenters. The van der Waals surface area contributed by atoms with E-state index >= 15 is 0 Å². The zero-order valence-corrected chi connectivity index (χ0v) is 11.8. The summed E-state index contributed by atoms with van der Waals surface area (Å²) >= 11 is 0. The third kappa shape index (κ3) is 3.49. The Morgan fingerprint density at radius 3 is 2.90 bits per heavy atom. The van der Waals surface area contributed by atoms with Crippen molar-refractivity contribution >= 4 is 6.03 Å². The molecule has 0 aliphatic carbocycles. The van der Waals surface area contributed by atoms with Crippen LogP contribution >= 0.6 is 0 Å². The first-order chi connectivity index (χ1) is 9.76. The normalized spacial score (nSPS) is 19.9. The minimum atomic E-state index is -0.173. The first-order valence-electron chi connectivity index (χ1n) is 6.98. The van der Waals surface area contributed by atoms with Crippen LogP contribution in [0.15, 0.2) is 30.3 Å². The molecular weight excluding hydrogens is 256 g/mol. The van der Waals surface area contributed by atoms with Gasteiger partial charge < -0.3 is 20.1 Å². The number of methoxy groups -OCH3 is 1. The number of ether oxygens (including phenoxy) is 1. The molecule has 2 amide bonds. The van der Waals surface area contributed by atoms with Crippen molar-refractivity contribution < 1.29 is 14.6 Å². The largest absolute Gasteiger partial charge is 0.394 e. The highest BCUT2D eigenvalue weighted by Gasteiger charge is 2.29. The number of hydrogen-bond donors (Lipinski definition) is 2. The summed E-state index contributed by atoms with van der Waals surface area (Å²) in [5.74, 6) is 0. The molecule has 0 saturated carbocycles. The summed E-state index contributed by atoms with van der Waals surface area (Å²) in [6.45, 7) is 1.15. The number of urea groups is 1. The van der Waals surface area contributed by atoms with Gasteiger partial charge in [-0.05, 0) is 18.4 Å². The fourth-order valence-electron chi connectivity index (χ4n) is 2.60. The van der Waals surface area contributed by atoms with Crippen molar-refractivity contribution in [2.45, 2.75) is 24.9 Å². The van der Waals surface area contributed by atoms with Crippen LogP contribution in [0.2, 0.25) is 0 Å². The second-order valence-corrected chi connectivity index (χ2v) is 5.04. The molecule has 1 aliphatic heterocycles. The van der Waals surface area contributed by atoms with E-state index in [1.807, 2.05) is 30.3 Å². The molecule has 1 aliphatic rings. The average Bonchev–Trinajstić information content (AvgIpc) is 2.96. The van der Waals surface area contributed by atoms with Gasteiger partial charge in [0.2, 0.25) is 0 Å². The van der Waals surface area contributed by atoms with E-state index in [1.54, 1.807) is 12.0 Å². The number of carbonyl (C=O) groups excluding carboxylic acids is 1. The molecule has 0 aromatic heterocycles. The lowest BCUT2D eigenvalue weighted by molar-refractivity contribution is 0.139. The molecule has 5 heteroatoms. The van der Waals surface area contributed by atoms with Gasteiger partial charge in [0, 0.05) is 13.7 Å². The third-order valence-electron chi connectivity index (χ3n) is 3.68. The topological polar surface area (TPSA) is 61.8 Å². The van der Waals surface area contributed by atoms with Crippen molar-refractivity contribution in [3.05, 3.63) is 35.9 Å². The summed E-state index contributed by atoms with van der Waals surface area (Å²) in [4.78, 5) is 14.0. The molecule has 1 aromatic rings. The predicted molar refractivity (Wildman–Crippen MR) is 76.4 cm³/mol. The smallest absolute Gasteiger partial charge is 0.318 e. The quantitative estimate of drug-likeness (QED) is 0.859. The van der Waals surface area contributed by atoms with Gasteiger partial charge in [-0.3, -0.25) is 0 Å². The van der Waals surface area contributed by atoms with Gasteiger partial charge in [-0.2, -0.15) is 0 Å². The Balaban J connectivity index is 2.03. The number of rotatable bonds is 5. The lowest BCUT2D eigenvalue weighted by Gasteiger charge is -2.27. The maximum atomic E-state index is 12.3. The van der Waals surface area contributed by atoms with Crippen molar-refractivity contribution in [3.63, 3.8) is 0 Å². The van der Waals surface area contributed by atoms with E-state index in [0.29, 0.717) is 13.2 Å². The first-order valence-corrected chi connectivity index (χ1v) is 6.98. The standard InChI is InChI=1S/C15H22N2O3/c1-20-11-14(12-6-3-2-4-7-12)16-15(19)17-9-5-8-13(17)10-18/h2-4,6-7,13-14,18H,5,8-11H2,1H3,(H,16,19). The van der Waals surface area contributed by atoms with E-state index in [1.165, 1.54) is 0 Å². The zero-order valence-electron chi connectivity index (χ0n) is 11.8. The number of likely N-dealkylation sites (tertiary alicyclic amines) is 1. The molecule has 1 heterocycles. The van der Waals surface area contributed by atoms with E-state index in [9.17, 15) is 9.90 Å². The Bertz CT molecular complexity index is 424. The van der Waals surface area contributed by atoms with Crippen molar-refractivity contribution in [1.29, 1.82) is 0 Å². The van der Waals surface area contributed by atoms with Gasteiger partial charge in [0.1, 0.15) is 0 Å². The maximum absolute atomic E-state index is 12.3. The van der Waals surface area contributed by atoms with Crippen LogP contribution in [-0.2, 0) is 4.74 Å². The summed E-state index contributed by atoms with van der Waals surface area (Å²) in [5, 5.41) is 12.3. The zero-order chi connectivity index (χ0) is 14.4. The Hall–Kier alpha value is -1.59. The number of nitrogens with zero attached hydrogens (tertiary/aromatic N) is 1. The van der Waals surface area contributed by atoms with E-state index < -0.39 is 0 Å². The Morgan fingerprint density at radius 2 is 2.25 bits per heavy atom. The van der Waals surface area contributed by atoms with E-state index in [-0.39, 0.29) is 24.7 Å². The number of carbonyl (C=O) groups is 1. The second-order valence-electron chi connectivity index (χ2n) is 5.04. The number of aliphatic hydroxyl groups is 1. The molecule has 0 spiro atoms. The van der Waals surface area contributed by atoms with Gasteiger partial charge in [-0.15, -0.1) is 0 Å².